The molecule has 3 aliphatic heterocycles. The Bertz CT molecular complexity index is 1880. The number of benzene rings is 2. The van der Waals surface area contributed by atoms with Crippen molar-refractivity contribution in [3.63, 3.8) is 0 Å². The van der Waals surface area contributed by atoms with Gasteiger partial charge in [-0.25, -0.2) is 18.6 Å². The number of aryl methyl sites for hydroxylation is 1. The zero-order valence-corrected chi connectivity index (χ0v) is 28.5. The number of piperidine rings is 1. The molecule has 3 aliphatic rings. The Morgan fingerprint density at radius 2 is 1.78 bits per heavy atom. The minimum absolute atomic E-state index is 0.00426. The normalized spacial score (nSPS) is 21.0. The van der Waals surface area contributed by atoms with Gasteiger partial charge in [0.1, 0.15) is 29.1 Å². The number of pyridine rings is 1. The molecular weight excluding hydrogens is 637 g/mol. The van der Waals surface area contributed by atoms with Crippen molar-refractivity contribution in [1.82, 2.24) is 9.38 Å². The summed E-state index contributed by atoms with van der Waals surface area (Å²) in [6.45, 7) is 10.6. The standard InChI is InChI=1S/C37H43F3N4O5/c1-21-17-29-42-31-23-10-8-9-22(18-23)24-19-25(38)26(39)20-27(24)48-28(41)11-6-7-16-47-37(5)12-14-43(15-13-37)34(44(29)33(31)40)30(21)32(35(45)46)49-36(2,3)4/h8-10,17-20,28,32H,6-7,11-16,41H2,1-5H3,(H,45,46). The highest BCUT2D eigenvalue weighted by atomic mass is 19.2. The number of rotatable bonds is 3. The Labute approximate surface area is 283 Å². The first kappa shape index (κ1) is 34.7. The zero-order chi connectivity index (χ0) is 35.2. The van der Waals surface area contributed by atoms with E-state index in [1.54, 1.807) is 58.0 Å². The van der Waals surface area contributed by atoms with Gasteiger partial charge in [0.05, 0.1) is 11.2 Å². The number of aliphatic carboxylic acids is 1. The molecule has 1 saturated heterocycles. The summed E-state index contributed by atoms with van der Waals surface area (Å²) < 4.78 is 65.8. The number of carboxylic acids is 1. The van der Waals surface area contributed by atoms with Gasteiger partial charge in [0.2, 0.25) is 5.95 Å². The maximum atomic E-state index is 17.0. The molecule has 2 atom stereocenters. The molecule has 2 aromatic carbocycles. The largest absolute Gasteiger partial charge is 0.479 e. The minimum Gasteiger partial charge on any atom is -0.479 e. The number of nitrogens with two attached hydrogens (primary N) is 1. The average molecular weight is 681 g/mol. The topological polar surface area (TPSA) is 112 Å². The Morgan fingerprint density at radius 3 is 2.47 bits per heavy atom. The molecule has 0 radical (unpaired) electrons. The highest BCUT2D eigenvalue weighted by molar-refractivity contribution is 5.81. The van der Waals surface area contributed by atoms with E-state index in [-0.39, 0.29) is 22.7 Å². The molecular formula is C37H43F3N4O5. The van der Waals surface area contributed by atoms with Gasteiger partial charge >= 0.3 is 5.97 Å². The Kier molecular flexibility index (Phi) is 9.42. The van der Waals surface area contributed by atoms with Crippen LogP contribution in [0.2, 0.25) is 0 Å². The first-order chi connectivity index (χ1) is 23.1. The van der Waals surface area contributed by atoms with Crippen LogP contribution in [0.25, 0.3) is 28.0 Å². The summed E-state index contributed by atoms with van der Waals surface area (Å²) >= 11 is 0. The summed E-state index contributed by atoms with van der Waals surface area (Å²) in [5.41, 5.74) is 7.30. The number of hydrogen-bond donors (Lipinski definition) is 2. The summed E-state index contributed by atoms with van der Waals surface area (Å²) in [4.78, 5) is 19.5. The second kappa shape index (κ2) is 13.3. The summed E-state index contributed by atoms with van der Waals surface area (Å²) in [5, 5.41) is 10.5. The number of halogens is 3. The predicted octanol–water partition coefficient (Wildman–Crippen LogP) is 7.56. The van der Waals surface area contributed by atoms with Crippen molar-refractivity contribution in [1.29, 1.82) is 0 Å². The molecule has 2 aromatic heterocycles. The number of imidazole rings is 1. The predicted molar refractivity (Wildman–Crippen MR) is 180 cm³/mol. The van der Waals surface area contributed by atoms with Gasteiger partial charge in [-0.15, -0.1) is 0 Å². The number of anilines is 1. The number of hydrogen-bond acceptors (Lipinski definition) is 7. The van der Waals surface area contributed by atoms with E-state index < -0.39 is 47.1 Å². The average Bonchev–Trinajstić information content (AvgIpc) is 3.35. The number of ether oxygens (including phenoxy) is 3. The van der Waals surface area contributed by atoms with E-state index >= 15 is 4.39 Å². The number of carboxylic acid groups (broad SMARTS) is 1. The third-order valence-electron chi connectivity index (χ3n) is 9.23. The van der Waals surface area contributed by atoms with E-state index in [9.17, 15) is 18.7 Å². The van der Waals surface area contributed by atoms with E-state index in [2.05, 4.69) is 0 Å². The van der Waals surface area contributed by atoms with Gasteiger partial charge in [0, 0.05) is 42.5 Å². The number of fused-ring (bicyclic) bond motifs is 8. The van der Waals surface area contributed by atoms with Gasteiger partial charge in [-0.1, -0.05) is 18.2 Å². The van der Waals surface area contributed by atoms with E-state index in [4.69, 9.17) is 24.9 Å². The highest BCUT2D eigenvalue weighted by Gasteiger charge is 2.38. The minimum atomic E-state index is -1.39. The molecule has 262 valence electrons. The van der Waals surface area contributed by atoms with Crippen molar-refractivity contribution in [3.05, 3.63) is 71.2 Å². The number of carbonyl (C=O) groups is 1. The first-order valence-corrected chi connectivity index (χ1v) is 16.7. The summed E-state index contributed by atoms with van der Waals surface area (Å²) in [5.74, 6) is -3.62. The van der Waals surface area contributed by atoms with Gasteiger partial charge in [-0.3, -0.25) is 10.1 Å². The fourth-order valence-electron chi connectivity index (χ4n) is 6.70. The Balaban J connectivity index is 1.58. The Morgan fingerprint density at radius 1 is 1.08 bits per heavy atom. The van der Waals surface area contributed by atoms with Crippen LogP contribution in [0.4, 0.5) is 19.0 Å². The number of nitrogens with zero attached hydrogens (tertiary/aromatic N) is 3. The molecule has 0 saturated carbocycles. The lowest BCUT2D eigenvalue weighted by Gasteiger charge is -2.41. The molecule has 5 heterocycles. The zero-order valence-electron chi connectivity index (χ0n) is 28.5. The van der Waals surface area contributed by atoms with Crippen molar-refractivity contribution in [2.45, 2.75) is 90.3 Å². The molecule has 49 heavy (non-hydrogen) atoms. The van der Waals surface area contributed by atoms with Crippen LogP contribution in [0.15, 0.2) is 42.5 Å². The van der Waals surface area contributed by atoms with Gasteiger partial charge in [-0.2, -0.15) is 4.39 Å². The van der Waals surface area contributed by atoms with Crippen LogP contribution in [0.1, 0.15) is 77.0 Å². The van der Waals surface area contributed by atoms with E-state index in [1.165, 1.54) is 4.40 Å². The fourth-order valence-corrected chi connectivity index (χ4v) is 6.70. The molecule has 7 rings (SSSR count). The smallest absolute Gasteiger partial charge is 0.337 e. The second-order valence-corrected chi connectivity index (χ2v) is 14.2. The van der Waals surface area contributed by atoms with Gasteiger partial charge in [0.15, 0.2) is 17.7 Å². The quantitative estimate of drug-likeness (QED) is 0.228. The highest BCUT2D eigenvalue weighted by Crippen LogP contribution is 2.41. The molecule has 1 fully saturated rings. The fraction of sp³-hybridized carbons (Fsp3) is 0.459. The molecule has 9 nitrogen and oxygen atoms in total. The molecule has 4 aromatic rings. The third-order valence-corrected chi connectivity index (χ3v) is 9.23. The van der Waals surface area contributed by atoms with Crippen LogP contribution in [0, 0.1) is 24.5 Å². The summed E-state index contributed by atoms with van der Waals surface area (Å²) in [6, 6.07) is 10.3. The summed E-state index contributed by atoms with van der Waals surface area (Å²) in [7, 11) is 0. The van der Waals surface area contributed by atoms with Crippen molar-refractivity contribution >= 4 is 17.4 Å². The maximum absolute atomic E-state index is 17.0. The lowest BCUT2D eigenvalue weighted by molar-refractivity contribution is -0.160. The molecule has 2 unspecified atom stereocenters. The molecule has 3 N–H and O–H groups in total. The second-order valence-electron chi connectivity index (χ2n) is 14.2. The molecule has 0 aliphatic carbocycles. The molecule has 12 heteroatoms. The monoisotopic (exact) mass is 680 g/mol. The third kappa shape index (κ3) is 7.13. The SMILES string of the molecule is Cc1cc2nc3c(F)n2c(c1C(OC(C)(C)C)C(=O)O)N1CCC(C)(CC1)OCCCCC(N)Oc1cc(F)c(F)cc1-c1cccc-3c1. The van der Waals surface area contributed by atoms with Crippen LogP contribution in [-0.4, -0.2) is 57.6 Å². The van der Waals surface area contributed by atoms with Crippen LogP contribution in [0.5, 0.6) is 5.75 Å². The van der Waals surface area contributed by atoms with Crippen LogP contribution < -0.4 is 15.4 Å². The van der Waals surface area contributed by atoms with E-state index in [1.807, 2.05) is 11.8 Å². The van der Waals surface area contributed by atoms with Crippen LogP contribution in [-0.2, 0) is 14.3 Å². The van der Waals surface area contributed by atoms with Crippen LogP contribution in [0.3, 0.4) is 0 Å². The van der Waals surface area contributed by atoms with Crippen LogP contribution >= 0.6 is 0 Å². The van der Waals surface area contributed by atoms with Crippen molar-refractivity contribution in [2.24, 2.45) is 5.73 Å². The summed E-state index contributed by atoms with van der Waals surface area (Å²) in [6.07, 6.45) is 0.925. The van der Waals surface area contributed by atoms with E-state index in [0.29, 0.717) is 79.9 Å². The van der Waals surface area contributed by atoms with Gasteiger partial charge < -0.3 is 24.2 Å². The lowest BCUT2D eigenvalue weighted by atomic mass is 9.92. The van der Waals surface area contributed by atoms with Gasteiger partial charge in [0.25, 0.3) is 0 Å². The molecule has 0 spiro atoms. The van der Waals surface area contributed by atoms with Crippen molar-refractivity contribution in [2.75, 3.05) is 24.6 Å². The lowest BCUT2D eigenvalue weighted by Crippen LogP contribution is -2.45. The Hall–Kier alpha value is -4.13. The molecule has 0 amide bonds. The number of aromatic nitrogens is 2. The van der Waals surface area contributed by atoms with Crippen molar-refractivity contribution < 1.29 is 37.3 Å². The van der Waals surface area contributed by atoms with E-state index in [0.717, 1.165) is 12.1 Å². The first-order valence-electron chi connectivity index (χ1n) is 16.7. The van der Waals surface area contributed by atoms with Gasteiger partial charge in [-0.05, 0) is 96.0 Å². The van der Waals surface area contributed by atoms with Crippen molar-refractivity contribution in [3.8, 4) is 28.1 Å². The maximum Gasteiger partial charge on any atom is 0.337 e. The molecule has 6 bridgehead atoms.